The highest BCUT2D eigenvalue weighted by Gasteiger charge is 2.19. The third kappa shape index (κ3) is 4.80. The number of nitrogens with one attached hydrogen (secondary N) is 1. The van der Waals surface area contributed by atoms with E-state index >= 15 is 0 Å². The van der Waals surface area contributed by atoms with E-state index in [2.05, 4.69) is 43.2 Å². The van der Waals surface area contributed by atoms with Gasteiger partial charge >= 0.3 is 0 Å². The largest absolute Gasteiger partial charge is 0.369 e. The van der Waals surface area contributed by atoms with Crippen LogP contribution in [0.25, 0.3) is 0 Å². The molecule has 7 nitrogen and oxygen atoms in total. The zero-order valence-corrected chi connectivity index (χ0v) is 15.7. The predicted molar refractivity (Wildman–Crippen MR) is 105 cm³/mol. The van der Waals surface area contributed by atoms with Gasteiger partial charge in [0, 0.05) is 54.2 Å². The number of hydrogen-bond donors (Lipinski definition) is 1. The van der Waals surface area contributed by atoms with Crippen molar-refractivity contribution in [1.29, 1.82) is 0 Å². The molecule has 0 aromatic heterocycles. The molecule has 3 rings (SSSR count). The molecule has 1 aliphatic heterocycles. The molecule has 8 heteroatoms. The second kappa shape index (κ2) is 8.29. The fourth-order valence-corrected chi connectivity index (χ4v) is 3.18. The number of carbonyl (C=O) groups excluding carboxylic acids is 1. The number of amides is 1. The van der Waals surface area contributed by atoms with E-state index in [0.29, 0.717) is 5.69 Å². The first kappa shape index (κ1) is 18.3. The molecule has 0 bridgehead atoms. The van der Waals surface area contributed by atoms with E-state index in [1.54, 1.807) is 12.1 Å². The Labute approximate surface area is 159 Å². The standard InChI is InChI=1S/C18H19BrN4O3/c19-14-4-6-16(7-5-14)22-10-8-21(9-11-22)13-18(24)20-15-2-1-3-17(12-15)23(25)26/h1-7,12H,8-11,13H2,(H,20,24). The van der Waals surface area contributed by atoms with Crippen molar-refractivity contribution in [2.45, 2.75) is 0 Å². The highest BCUT2D eigenvalue weighted by atomic mass is 79.9. The number of carbonyl (C=O) groups is 1. The van der Waals surface area contributed by atoms with Crippen LogP contribution in [0.1, 0.15) is 0 Å². The van der Waals surface area contributed by atoms with Crippen molar-refractivity contribution in [3.63, 3.8) is 0 Å². The first-order valence-electron chi connectivity index (χ1n) is 8.28. The van der Waals surface area contributed by atoms with Gasteiger partial charge in [0.15, 0.2) is 0 Å². The Morgan fingerprint density at radius 2 is 1.81 bits per heavy atom. The molecular weight excluding hydrogens is 400 g/mol. The highest BCUT2D eigenvalue weighted by Crippen LogP contribution is 2.20. The Bertz CT molecular complexity index is 789. The van der Waals surface area contributed by atoms with Crippen LogP contribution in [0.5, 0.6) is 0 Å². The van der Waals surface area contributed by atoms with Crippen molar-refractivity contribution in [2.24, 2.45) is 0 Å². The van der Waals surface area contributed by atoms with Crippen molar-refractivity contribution in [3.8, 4) is 0 Å². The Balaban J connectivity index is 1.49. The second-order valence-corrected chi connectivity index (χ2v) is 7.01. The quantitative estimate of drug-likeness (QED) is 0.595. The minimum Gasteiger partial charge on any atom is -0.369 e. The van der Waals surface area contributed by atoms with Crippen LogP contribution in [0.15, 0.2) is 53.0 Å². The van der Waals surface area contributed by atoms with E-state index in [1.807, 2.05) is 12.1 Å². The molecule has 1 amide bonds. The van der Waals surface area contributed by atoms with Crippen molar-refractivity contribution in [2.75, 3.05) is 42.9 Å². The lowest BCUT2D eigenvalue weighted by Gasteiger charge is -2.35. The Morgan fingerprint density at radius 1 is 1.12 bits per heavy atom. The number of rotatable bonds is 5. The fraction of sp³-hybridized carbons (Fsp3) is 0.278. The molecule has 2 aromatic rings. The maximum absolute atomic E-state index is 12.2. The Hall–Kier alpha value is -2.45. The number of benzene rings is 2. The SMILES string of the molecule is O=C(CN1CCN(c2ccc(Br)cc2)CC1)Nc1cccc([N+](=O)[O-])c1. The van der Waals surface area contributed by atoms with E-state index < -0.39 is 4.92 Å². The number of hydrogen-bond acceptors (Lipinski definition) is 5. The normalized spacial score (nSPS) is 14.9. The van der Waals surface area contributed by atoms with Gasteiger partial charge in [0.05, 0.1) is 11.5 Å². The molecule has 1 N–H and O–H groups in total. The molecule has 0 saturated carbocycles. The third-order valence-electron chi connectivity index (χ3n) is 4.27. The van der Waals surface area contributed by atoms with Crippen molar-refractivity contribution < 1.29 is 9.72 Å². The number of nitro groups is 1. The summed E-state index contributed by atoms with van der Waals surface area (Å²) < 4.78 is 1.05. The van der Waals surface area contributed by atoms with Crippen molar-refractivity contribution in [3.05, 3.63) is 63.1 Å². The predicted octanol–water partition coefficient (Wildman–Crippen LogP) is 3.12. The van der Waals surface area contributed by atoms with Gasteiger partial charge in [-0.2, -0.15) is 0 Å². The van der Waals surface area contributed by atoms with Crippen LogP contribution in [0.3, 0.4) is 0 Å². The summed E-state index contributed by atoms with van der Waals surface area (Å²) in [4.78, 5) is 26.9. The van der Waals surface area contributed by atoms with E-state index in [4.69, 9.17) is 0 Å². The number of non-ortho nitro benzene ring substituents is 1. The molecule has 0 unspecified atom stereocenters. The molecule has 26 heavy (non-hydrogen) atoms. The van der Waals surface area contributed by atoms with Gasteiger partial charge in [0.1, 0.15) is 0 Å². The number of nitrogens with zero attached hydrogens (tertiary/aromatic N) is 3. The molecule has 0 spiro atoms. The van der Waals surface area contributed by atoms with Crippen LogP contribution >= 0.6 is 15.9 Å². The lowest BCUT2D eigenvalue weighted by atomic mass is 10.2. The topological polar surface area (TPSA) is 78.7 Å². The van der Waals surface area contributed by atoms with Crippen molar-refractivity contribution >= 4 is 38.9 Å². The summed E-state index contributed by atoms with van der Waals surface area (Å²) in [6.45, 7) is 3.56. The van der Waals surface area contributed by atoms with Crippen LogP contribution in [0.2, 0.25) is 0 Å². The van der Waals surface area contributed by atoms with Gasteiger partial charge in [-0.1, -0.05) is 22.0 Å². The average molecular weight is 419 g/mol. The van der Waals surface area contributed by atoms with Crippen molar-refractivity contribution in [1.82, 2.24) is 4.90 Å². The van der Waals surface area contributed by atoms with Crippen LogP contribution in [0.4, 0.5) is 17.1 Å². The Kier molecular flexibility index (Phi) is 5.85. The number of anilines is 2. The molecule has 1 fully saturated rings. The first-order chi connectivity index (χ1) is 12.5. The van der Waals surface area contributed by atoms with Crippen LogP contribution in [0, 0.1) is 10.1 Å². The van der Waals surface area contributed by atoms with E-state index in [-0.39, 0.29) is 18.1 Å². The first-order valence-corrected chi connectivity index (χ1v) is 9.08. The van der Waals surface area contributed by atoms with Crippen LogP contribution < -0.4 is 10.2 Å². The van der Waals surface area contributed by atoms with Crippen LogP contribution in [-0.4, -0.2) is 48.5 Å². The maximum atomic E-state index is 12.2. The van der Waals surface area contributed by atoms with Gasteiger partial charge in [-0.3, -0.25) is 19.8 Å². The van der Waals surface area contributed by atoms with Gasteiger partial charge in [0.2, 0.25) is 5.91 Å². The molecule has 0 aliphatic carbocycles. The summed E-state index contributed by atoms with van der Waals surface area (Å²) in [5.41, 5.74) is 1.58. The third-order valence-corrected chi connectivity index (χ3v) is 4.80. The summed E-state index contributed by atoms with van der Waals surface area (Å²) in [7, 11) is 0. The number of piperazine rings is 1. The molecule has 136 valence electrons. The zero-order chi connectivity index (χ0) is 18.5. The number of halogens is 1. The van der Waals surface area contributed by atoms with Gasteiger partial charge < -0.3 is 10.2 Å². The maximum Gasteiger partial charge on any atom is 0.271 e. The van der Waals surface area contributed by atoms with Gasteiger partial charge in [-0.25, -0.2) is 0 Å². The molecule has 0 atom stereocenters. The zero-order valence-electron chi connectivity index (χ0n) is 14.1. The molecule has 1 aliphatic rings. The summed E-state index contributed by atoms with van der Waals surface area (Å²) in [5, 5.41) is 13.5. The summed E-state index contributed by atoms with van der Waals surface area (Å²) >= 11 is 3.44. The molecule has 2 aromatic carbocycles. The monoisotopic (exact) mass is 418 g/mol. The lowest BCUT2D eigenvalue weighted by molar-refractivity contribution is -0.384. The smallest absolute Gasteiger partial charge is 0.271 e. The average Bonchev–Trinajstić information content (AvgIpc) is 2.63. The van der Waals surface area contributed by atoms with Gasteiger partial charge in [-0.05, 0) is 30.3 Å². The Morgan fingerprint density at radius 3 is 2.46 bits per heavy atom. The fourth-order valence-electron chi connectivity index (χ4n) is 2.92. The second-order valence-electron chi connectivity index (χ2n) is 6.10. The minimum absolute atomic E-state index is 0.0362. The minimum atomic E-state index is -0.475. The number of nitro benzene ring substituents is 1. The summed E-state index contributed by atoms with van der Waals surface area (Å²) in [6.07, 6.45) is 0. The van der Waals surface area contributed by atoms with E-state index in [1.165, 1.54) is 17.8 Å². The van der Waals surface area contributed by atoms with Crippen LogP contribution in [-0.2, 0) is 4.79 Å². The highest BCUT2D eigenvalue weighted by molar-refractivity contribution is 9.10. The van der Waals surface area contributed by atoms with E-state index in [0.717, 1.165) is 30.7 Å². The van der Waals surface area contributed by atoms with Gasteiger partial charge in [-0.15, -0.1) is 0 Å². The summed E-state index contributed by atoms with van der Waals surface area (Å²) in [6, 6.07) is 14.2. The summed E-state index contributed by atoms with van der Waals surface area (Å²) in [5.74, 6) is -0.164. The van der Waals surface area contributed by atoms with E-state index in [9.17, 15) is 14.9 Å². The molecule has 0 radical (unpaired) electrons. The van der Waals surface area contributed by atoms with Gasteiger partial charge in [0.25, 0.3) is 5.69 Å². The molecular formula is C18H19BrN4O3. The lowest BCUT2D eigenvalue weighted by Crippen LogP contribution is -2.48. The molecule has 1 heterocycles. The molecule has 1 saturated heterocycles.